The van der Waals surface area contributed by atoms with Gasteiger partial charge < -0.3 is 5.73 Å². The van der Waals surface area contributed by atoms with Gasteiger partial charge in [-0.1, -0.05) is 19.1 Å². The molecule has 0 fully saturated rings. The van der Waals surface area contributed by atoms with Crippen LogP contribution in [0.1, 0.15) is 24.9 Å². The lowest BCUT2D eigenvalue weighted by Crippen LogP contribution is -2.17. The Bertz CT molecular complexity index is 1480. The predicted octanol–water partition coefficient (Wildman–Crippen LogP) is 4.74. The van der Waals surface area contributed by atoms with Crippen LogP contribution in [-0.2, 0) is 6.54 Å². The molecule has 1 aromatic carbocycles. The molecular weight excluding hydrogens is 464 g/mol. The van der Waals surface area contributed by atoms with E-state index in [1.165, 1.54) is 29.0 Å². The topological polar surface area (TPSA) is 91.8 Å². The molecule has 0 spiro atoms. The highest BCUT2D eigenvalue weighted by atomic mass is 19.4. The minimum absolute atomic E-state index is 0.0316. The Morgan fingerprint density at radius 2 is 1.71 bits per heavy atom. The zero-order valence-electron chi connectivity index (χ0n) is 18.5. The second-order valence-electron chi connectivity index (χ2n) is 8.10. The van der Waals surface area contributed by atoms with Crippen molar-refractivity contribution in [2.75, 3.05) is 5.73 Å². The maximum atomic E-state index is 13.4. The number of alkyl halides is 3. The third kappa shape index (κ3) is 4.59. The van der Waals surface area contributed by atoms with Crippen LogP contribution < -0.4 is 5.73 Å². The fourth-order valence-electron chi connectivity index (χ4n) is 4.06. The van der Waals surface area contributed by atoms with Gasteiger partial charge in [0.15, 0.2) is 5.65 Å². The van der Waals surface area contributed by atoms with Gasteiger partial charge in [-0.2, -0.15) is 28.4 Å². The van der Waals surface area contributed by atoms with Gasteiger partial charge >= 0.3 is 6.18 Å². The molecule has 180 valence electrons. The number of nitrogens with two attached hydrogens (primary N) is 1. The Hall–Kier alpha value is -4.22. The quantitative estimate of drug-likeness (QED) is 0.352. The molecule has 5 aromatic rings. The highest BCUT2D eigenvalue weighted by Gasteiger charge is 2.28. The smallest absolute Gasteiger partial charge is 0.366 e. The molecule has 5 rings (SSSR count). The first-order valence-corrected chi connectivity index (χ1v) is 10.8. The molecule has 0 unspecified atom stereocenters. The molecule has 0 aliphatic rings. The highest BCUT2D eigenvalue weighted by molar-refractivity contribution is 5.74. The number of fused-ring (bicyclic) bond motifs is 1. The number of benzene rings is 1. The molecule has 4 aromatic heterocycles. The summed E-state index contributed by atoms with van der Waals surface area (Å²) < 4.78 is 55.9. The van der Waals surface area contributed by atoms with Crippen LogP contribution in [-0.4, -0.2) is 40.3 Å². The number of anilines is 1. The molecule has 8 nitrogen and oxygen atoms in total. The van der Waals surface area contributed by atoms with E-state index in [-0.39, 0.29) is 17.8 Å². The minimum Gasteiger partial charge on any atom is -0.366 e. The standard InChI is InChI=1S/C23H20F4N8/c1-2-19(14-3-5-18(24)6-4-14)34-12-16(9-30-34)15-7-20(35-21(8-15)31-22(28)32-35)17-10-29-33(11-17)13-23(25,26)27/h3-12,19H,2,13H2,1H3,(H2,28,32)/t19-/m0/s1. The molecule has 0 saturated heterocycles. The van der Waals surface area contributed by atoms with Crippen LogP contribution in [0.3, 0.4) is 0 Å². The molecular formula is C23H20F4N8. The van der Waals surface area contributed by atoms with E-state index in [2.05, 4.69) is 20.3 Å². The summed E-state index contributed by atoms with van der Waals surface area (Å²) in [6.07, 6.45) is 2.53. The van der Waals surface area contributed by atoms with Crippen molar-refractivity contribution >= 4 is 11.6 Å². The number of pyridine rings is 1. The summed E-state index contributed by atoms with van der Waals surface area (Å²) in [4.78, 5) is 4.23. The summed E-state index contributed by atoms with van der Waals surface area (Å²) >= 11 is 0. The zero-order valence-corrected chi connectivity index (χ0v) is 18.5. The van der Waals surface area contributed by atoms with Gasteiger partial charge in [0.1, 0.15) is 12.4 Å². The Labute approximate surface area is 196 Å². The third-order valence-electron chi connectivity index (χ3n) is 5.62. The third-order valence-corrected chi connectivity index (χ3v) is 5.62. The first-order chi connectivity index (χ1) is 16.7. The minimum atomic E-state index is -4.40. The number of nitrogens with zero attached hydrogens (tertiary/aromatic N) is 7. The predicted molar refractivity (Wildman–Crippen MR) is 121 cm³/mol. The Kier molecular flexibility index (Phi) is 5.50. The molecule has 0 saturated carbocycles. The van der Waals surface area contributed by atoms with Crippen LogP contribution >= 0.6 is 0 Å². The average molecular weight is 484 g/mol. The van der Waals surface area contributed by atoms with Crippen molar-refractivity contribution in [2.45, 2.75) is 32.1 Å². The maximum absolute atomic E-state index is 13.4. The zero-order chi connectivity index (χ0) is 24.7. The van der Waals surface area contributed by atoms with Crippen LogP contribution in [0.2, 0.25) is 0 Å². The van der Waals surface area contributed by atoms with Crippen molar-refractivity contribution in [1.82, 2.24) is 34.2 Å². The molecule has 12 heteroatoms. The van der Waals surface area contributed by atoms with Crippen molar-refractivity contribution in [2.24, 2.45) is 0 Å². The van der Waals surface area contributed by atoms with E-state index >= 15 is 0 Å². The lowest BCUT2D eigenvalue weighted by molar-refractivity contribution is -0.142. The number of rotatable bonds is 6. The monoisotopic (exact) mass is 484 g/mol. The normalized spacial score (nSPS) is 12.9. The largest absolute Gasteiger partial charge is 0.408 e. The van der Waals surface area contributed by atoms with Gasteiger partial charge in [0.05, 0.1) is 24.1 Å². The van der Waals surface area contributed by atoms with Gasteiger partial charge in [-0.3, -0.25) is 9.36 Å². The van der Waals surface area contributed by atoms with E-state index in [1.807, 2.05) is 13.1 Å². The van der Waals surface area contributed by atoms with Crippen LogP contribution in [0, 0.1) is 5.82 Å². The van der Waals surface area contributed by atoms with Crippen molar-refractivity contribution in [3.05, 3.63) is 72.6 Å². The van der Waals surface area contributed by atoms with Gasteiger partial charge in [-0.15, -0.1) is 5.10 Å². The van der Waals surface area contributed by atoms with Crippen molar-refractivity contribution in [1.29, 1.82) is 0 Å². The molecule has 0 amide bonds. The fourth-order valence-corrected chi connectivity index (χ4v) is 4.06. The van der Waals surface area contributed by atoms with Crippen LogP contribution in [0.25, 0.3) is 28.0 Å². The first kappa shape index (κ1) is 22.6. The molecule has 2 N–H and O–H groups in total. The molecule has 1 atom stereocenters. The van der Waals surface area contributed by atoms with Gasteiger partial charge in [-0.25, -0.2) is 8.91 Å². The van der Waals surface area contributed by atoms with Crippen LogP contribution in [0.15, 0.2) is 61.2 Å². The number of aromatic nitrogens is 7. The molecule has 0 aliphatic carbocycles. The van der Waals surface area contributed by atoms with Crippen molar-refractivity contribution in [3.8, 4) is 22.4 Å². The Morgan fingerprint density at radius 1 is 0.971 bits per heavy atom. The van der Waals surface area contributed by atoms with E-state index in [0.29, 0.717) is 16.9 Å². The number of halogens is 4. The Morgan fingerprint density at radius 3 is 2.43 bits per heavy atom. The Balaban J connectivity index is 1.55. The van der Waals surface area contributed by atoms with Crippen LogP contribution in [0.5, 0.6) is 0 Å². The summed E-state index contributed by atoms with van der Waals surface area (Å²) in [5, 5.41) is 12.5. The average Bonchev–Trinajstić information content (AvgIpc) is 3.53. The highest BCUT2D eigenvalue weighted by Crippen LogP contribution is 2.30. The second kappa shape index (κ2) is 8.53. The van der Waals surface area contributed by atoms with Crippen LogP contribution in [0.4, 0.5) is 23.5 Å². The lowest BCUT2D eigenvalue weighted by Gasteiger charge is -2.16. The van der Waals surface area contributed by atoms with Crippen molar-refractivity contribution < 1.29 is 17.6 Å². The van der Waals surface area contributed by atoms with Gasteiger partial charge in [0.2, 0.25) is 5.95 Å². The van der Waals surface area contributed by atoms with Gasteiger partial charge in [0.25, 0.3) is 0 Å². The van der Waals surface area contributed by atoms with E-state index in [1.54, 1.807) is 35.1 Å². The lowest BCUT2D eigenvalue weighted by atomic mass is 10.0. The molecule has 0 radical (unpaired) electrons. The number of hydrogen-bond acceptors (Lipinski definition) is 5. The van der Waals surface area contributed by atoms with E-state index in [4.69, 9.17) is 5.73 Å². The summed E-state index contributed by atoms with van der Waals surface area (Å²) in [5.74, 6) is -0.277. The van der Waals surface area contributed by atoms with Gasteiger partial charge in [0, 0.05) is 23.5 Å². The maximum Gasteiger partial charge on any atom is 0.408 e. The van der Waals surface area contributed by atoms with Gasteiger partial charge in [-0.05, 0) is 41.8 Å². The first-order valence-electron chi connectivity index (χ1n) is 10.8. The molecule has 0 aliphatic heterocycles. The van der Waals surface area contributed by atoms with E-state index < -0.39 is 12.7 Å². The summed E-state index contributed by atoms with van der Waals surface area (Å²) in [5.41, 5.74) is 9.54. The molecule has 4 heterocycles. The van der Waals surface area contributed by atoms with E-state index in [9.17, 15) is 17.6 Å². The fraction of sp³-hybridized carbons (Fsp3) is 0.217. The number of nitrogen functional groups attached to an aromatic ring is 1. The summed E-state index contributed by atoms with van der Waals surface area (Å²) in [6.45, 7) is 0.807. The molecule has 0 bridgehead atoms. The summed E-state index contributed by atoms with van der Waals surface area (Å²) in [7, 11) is 0. The van der Waals surface area contributed by atoms with E-state index in [0.717, 1.165) is 27.8 Å². The number of hydrogen-bond donors (Lipinski definition) is 1. The molecule has 35 heavy (non-hydrogen) atoms. The SMILES string of the molecule is CC[C@@H](c1ccc(F)cc1)n1cc(-c2cc(-c3cnn(CC(F)(F)F)c3)n3nc(N)nc3c2)cn1. The summed E-state index contributed by atoms with van der Waals surface area (Å²) in [6, 6.07) is 9.73. The second-order valence-corrected chi connectivity index (χ2v) is 8.10. The van der Waals surface area contributed by atoms with Crippen molar-refractivity contribution in [3.63, 3.8) is 0 Å².